The highest BCUT2D eigenvalue weighted by Gasteiger charge is 2.36. The second kappa shape index (κ2) is 2.61. The van der Waals surface area contributed by atoms with Crippen molar-refractivity contribution in [2.24, 2.45) is 5.92 Å². The summed E-state index contributed by atoms with van der Waals surface area (Å²) in [6, 6.07) is 0. The highest BCUT2D eigenvalue weighted by molar-refractivity contribution is 5.80. The molecule has 0 saturated carbocycles. The first-order valence-electron chi connectivity index (χ1n) is 4.71. The quantitative estimate of drug-likeness (QED) is 0.543. The van der Waals surface area contributed by atoms with Gasteiger partial charge in [0.1, 0.15) is 0 Å². The first kappa shape index (κ1) is 7.84. The predicted octanol–water partition coefficient (Wildman–Crippen LogP) is 1.62. The topological polar surface area (TPSA) is 29.1 Å². The van der Waals surface area contributed by atoms with E-state index in [0.717, 1.165) is 12.8 Å². The molecule has 1 aliphatic heterocycles. The molecule has 0 aromatic heterocycles. The number of hydrogen-bond donors (Lipinski definition) is 1. The van der Waals surface area contributed by atoms with Crippen molar-refractivity contribution in [1.82, 2.24) is 5.32 Å². The number of carbonyl (C=O) groups is 1. The number of hydrogen-bond acceptors (Lipinski definition) is 1. The number of carbonyl (C=O) groups excluding carboxylic acids is 1. The SMILES string of the molecule is CC1C=CC2(CCC(=O)N2)CC1. The Morgan fingerprint density at radius 3 is 2.92 bits per heavy atom. The summed E-state index contributed by atoms with van der Waals surface area (Å²) in [6.07, 6.45) is 8.46. The van der Waals surface area contributed by atoms with Gasteiger partial charge < -0.3 is 5.32 Å². The molecular weight excluding hydrogens is 150 g/mol. The highest BCUT2D eigenvalue weighted by atomic mass is 16.2. The Kier molecular flexibility index (Phi) is 1.71. The molecule has 2 aliphatic rings. The largest absolute Gasteiger partial charge is 0.347 e. The smallest absolute Gasteiger partial charge is 0.220 e. The van der Waals surface area contributed by atoms with Gasteiger partial charge in [0.05, 0.1) is 5.54 Å². The lowest BCUT2D eigenvalue weighted by Crippen LogP contribution is -2.41. The van der Waals surface area contributed by atoms with Crippen molar-refractivity contribution in [2.75, 3.05) is 0 Å². The maximum absolute atomic E-state index is 11.1. The summed E-state index contributed by atoms with van der Waals surface area (Å²) in [4.78, 5) is 11.1. The molecular formula is C10H15NO. The standard InChI is InChI=1S/C10H15NO/c1-8-2-5-10(6-3-8)7-4-9(12)11-10/h2,5,8H,3-4,6-7H2,1H3,(H,11,12). The first-order valence-corrected chi connectivity index (χ1v) is 4.71. The summed E-state index contributed by atoms with van der Waals surface area (Å²) in [7, 11) is 0. The Labute approximate surface area is 73.0 Å². The summed E-state index contributed by atoms with van der Waals surface area (Å²) in [6.45, 7) is 2.22. The fraction of sp³-hybridized carbons (Fsp3) is 0.700. The molecule has 2 atom stereocenters. The van der Waals surface area contributed by atoms with Crippen molar-refractivity contribution in [2.45, 2.75) is 38.1 Å². The molecule has 1 heterocycles. The summed E-state index contributed by atoms with van der Waals surface area (Å²) in [5.74, 6) is 0.905. The molecule has 0 aromatic carbocycles. The van der Waals surface area contributed by atoms with Crippen molar-refractivity contribution >= 4 is 5.91 Å². The van der Waals surface area contributed by atoms with Crippen molar-refractivity contribution in [3.05, 3.63) is 12.2 Å². The lowest BCUT2D eigenvalue weighted by Gasteiger charge is -2.30. The Balaban J connectivity index is 2.13. The van der Waals surface area contributed by atoms with Crippen LogP contribution in [0.2, 0.25) is 0 Å². The van der Waals surface area contributed by atoms with E-state index in [1.54, 1.807) is 0 Å². The third-order valence-corrected chi connectivity index (χ3v) is 2.98. The fourth-order valence-corrected chi connectivity index (χ4v) is 2.07. The number of nitrogens with one attached hydrogen (secondary N) is 1. The van der Waals surface area contributed by atoms with Crippen LogP contribution < -0.4 is 5.32 Å². The molecule has 2 nitrogen and oxygen atoms in total. The zero-order valence-electron chi connectivity index (χ0n) is 7.47. The molecule has 0 aromatic rings. The van der Waals surface area contributed by atoms with Crippen LogP contribution in [0.4, 0.5) is 0 Å². The van der Waals surface area contributed by atoms with Gasteiger partial charge >= 0.3 is 0 Å². The van der Waals surface area contributed by atoms with Gasteiger partial charge in [-0.25, -0.2) is 0 Å². The molecule has 1 aliphatic carbocycles. The summed E-state index contributed by atoms with van der Waals surface area (Å²) >= 11 is 0. The van der Waals surface area contributed by atoms with E-state index in [-0.39, 0.29) is 11.4 Å². The van der Waals surface area contributed by atoms with Gasteiger partial charge in [-0.05, 0) is 25.2 Å². The van der Waals surface area contributed by atoms with E-state index in [2.05, 4.69) is 24.4 Å². The van der Waals surface area contributed by atoms with Crippen LogP contribution in [0.1, 0.15) is 32.6 Å². The molecule has 0 bridgehead atoms. The highest BCUT2D eigenvalue weighted by Crippen LogP contribution is 2.32. The molecule has 2 unspecified atom stereocenters. The van der Waals surface area contributed by atoms with Gasteiger partial charge in [-0.3, -0.25) is 4.79 Å². The molecule has 66 valence electrons. The minimum Gasteiger partial charge on any atom is -0.347 e. The lowest BCUT2D eigenvalue weighted by molar-refractivity contribution is -0.119. The minimum absolute atomic E-state index is 0.0452. The van der Waals surface area contributed by atoms with Crippen LogP contribution in [-0.4, -0.2) is 11.4 Å². The van der Waals surface area contributed by atoms with E-state index in [9.17, 15) is 4.79 Å². The third-order valence-electron chi connectivity index (χ3n) is 2.98. The van der Waals surface area contributed by atoms with Crippen LogP contribution in [0, 0.1) is 5.92 Å². The number of rotatable bonds is 0. The fourth-order valence-electron chi connectivity index (χ4n) is 2.07. The predicted molar refractivity (Wildman–Crippen MR) is 47.6 cm³/mol. The van der Waals surface area contributed by atoms with E-state index in [0.29, 0.717) is 12.3 Å². The molecule has 12 heavy (non-hydrogen) atoms. The summed E-state index contributed by atoms with van der Waals surface area (Å²) in [5.41, 5.74) is 0.0452. The van der Waals surface area contributed by atoms with Gasteiger partial charge in [-0.1, -0.05) is 19.1 Å². The van der Waals surface area contributed by atoms with Crippen LogP contribution in [0.15, 0.2) is 12.2 Å². The zero-order valence-corrected chi connectivity index (χ0v) is 7.47. The Hall–Kier alpha value is -0.790. The van der Waals surface area contributed by atoms with Gasteiger partial charge in [-0.15, -0.1) is 0 Å². The van der Waals surface area contributed by atoms with Gasteiger partial charge in [0.2, 0.25) is 5.91 Å². The average Bonchev–Trinajstić information content (AvgIpc) is 2.40. The Bertz CT molecular complexity index is 234. The molecule has 2 rings (SSSR count). The van der Waals surface area contributed by atoms with Crippen LogP contribution in [0.25, 0.3) is 0 Å². The van der Waals surface area contributed by atoms with Gasteiger partial charge in [0, 0.05) is 6.42 Å². The monoisotopic (exact) mass is 165 g/mol. The third kappa shape index (κ3) is 1.26. The van der Waals surface area contributed by atoms with Crippen molar-refractivity contribution in [1.29, 1.82) is 0 Å². The van der Waals surface area contributed by atoms with E-state index in [1.807, 2.05) is 0 Å². The molecule has 1 amide bonds. The molecule has 0 radical (unpaired) electrons. The van der Waals surface area contributed by atoms with Gasteiger partial charge in [-0.2, -0.15) is 0 Å². The Morgan fingerprint density at radius 1 is 1.58 bits per heavy atom. The maximum atomic E-state index is 11.1. The molecule has 1 fully saturated rings. The van der Waals surface area contributed by atoms with Crippen molar-refractivity contribution in [3.63, 3.8) is 0 Å². The first-order chi connectivity index (χ1) is 5.70. The van der Waals surface area contributed by atoms with Crippen LogP contribution in [0.5, 0.6) is 0 Å². The summed E-state index contributed by atoms with van der Waals surface area (Å²) in [5, 5.41) is 3.06. The second-order valence-electron chi connectivity index (χ2n) is 4.08. The number of allylic oxidation sites excluding steroid dienone is 1. The van der Waals surface area contributed by atoms with E-state index in [4.69, 9.17) is 0 Å². The maximum Gasteiger partial charge on any atom is 0.220 e. The average molecular weight is 165 g/mol. The Morgan fingerprint density at radius 2 is 2.42 bits per heavy atom. The van der Waals surface area contributed by atoms with Crippen LogP contribution >= 0.6 is 0 Å². The molecule has 2 heteroatoms. The molecule has 1 spiro atoms. The summed E-state index contributed by atoms with van der Waals surface area (Å²) < 4.78 is 0. The van der Waals surface area contributed by atoms with Gasteiger partial charge in [0.25, 0.3) is 0 Å². The molecule has 1 N–H and O–H groups in total. The second-order valence-corrected chi connectivity index (χ2v) is 4.08. The van der Waals surface area contributed by atoms with E-state index in [1.165, 1.54) is 6.42 Å². The van der Waals surface area contributed by atoms with E-state index >= 15 is 0 Å². The van der Waals surface area contributed by atoms with Crippen molar-refractivity contribution < 1.29 is 4.79 Å². The van der Waals surface area contributed by atoms with Crippen LogP contribution in [-0.2, 0) is 4.79 Å². The normalized spacial score (nSPS) is 40.4. The zero-order chi connectivity index (χ0) is 8.60. The van der Waals surface area contributed by atoms with E-state index < -0.39 is 0 Å². The van der Waals surface area contributed by atoms with Crippen molar-refractivity contribution in [3.8, 4) is 0 Å². The number of amides is 1. The molecule has 1 saturated heterocycles. The van der Waals surface area contributed by atoms with Crippen LogP contribution in [0.3, 0.4) is 0 Å². The lowest BCUT2D eigenvalue weighted by atomic mass is 9.82. The minimum atomic E-state index is 0.0452. The van der Waals surface area contributed by atoms with Gasteiger partial charge in [0.15, 0.2) is 0 Å².